The zero-order valence-electron chi connectivity index (χ0n) is 14.2. The van der Waals surface area contributed by atoms with Crippen LogP contribution in [0.4, 0.5) is 9.93 Å². The number of urea groups is 1. The summed E-state index contributed by atoms with van der Waals surface area (Å²) in [7, 11) is 0. The Kier molecular flexibility index (Phi) is 5.34. The Balaban J connectivity index is 1.38. The van der Waals surface area contributed by atoms with Gasteiger partial charge in [-0.25, -0.2) is 14.8 Å². The minimum absolute atomic E-state index is 0.0341. The third-order valence-electron chi connectivity index (χ3n) is 4.28. The molecule has 3 rings (SSSR count). The van der Waals surface area contributed by atoms with Gasteiger partial charge in [-0.3, -0.25) is 0 Å². The normalized spacial score (nSPS) is 14.9. The average molecular weight is 348 g/mol. The van der Waals surface area contributed by atoms with Gasteiger partial charge in [0, 0.05) is 56.5 Å². The van der Waals surface area contributed by atoms with Gasteiger partial charge in [0.25, 0.3) is 0 Å². The van der Waals surface area contributed by atoms with Crippen molar-refractivity contribution in [3.8, 4) is 0 Å². The number of nitrogens with zero attached hydrogens (tertiary/aromatic N) is 5. The van der Waals surface area contributed by atoms with Crippen molar-refractivity contribution in [3.05, 3.63) is 29.3 Å². The third-order valence-corrected chi connectivity index (χ3v) is 5.42. The number of hydrogen-bond acceptors (Lipinski definition) is 5. The molecule has 1 aliphatic rings. The van der Waals surface area contributed by atoms with Crippen LogP contribution in [0.25, 0.3) is 0 Å². The molecule has 1 saturated heterocycles. The molecule has 2 amide bonds. The van der Waals surface area contributed by atoms with Gasteiger partial charge in [0.15, 0.2) is 5.13 Å². The lowest BCUT2D eigenvalue weighted by Crippen LogP contribution is -2.52. The number of aryl methyl sites for hydroxylation is 3. The molecule has 0 aliphatic carbocycles. The Labute approximate surface area is 146 Å². The minimum atomic E-state index is 0.0341. The molecule has 130 valence electrons. The smallest absolute Gasteiger partial charge is 0.317 e. The van der Waals surface area contributed by atoms with Crippen LogP contribution in [0.3, 0.4) is 0 Å². The number of nitrogens with one attached hydrogen (secondary N) is 1. The summed E-state index contributed by atoms with van der Waals surface area (Å²) in [5.41, 5.74) is 1.10. The quantitative estimate of drug-likeness (QED) is 0.838. The number of thiazole rings is 1. The lowest BCUT2D eigenvalue weighted by Gasteiger charge is -2.34. The molecule has 0 unspecified atom stereocenters. The van der Waals surface area contributed by atoms with Crippen molar-refractivity contribution in [3.63, 3.8) is 0 Å². The second-order valence-corrected chi connectivity index (χ2v) is 7.18. The first-order valence-electron chi connectivity index (χ1n) is 8.31. The molecule has 0 radical (unpaired) electrons. The van der Waals surface area contributed by atoms with Gasteiger partial charge in [-0.1, -0.05) is 0 Å². The van der Waals surface area contributed by atoms with Crippen LogP contribution in [0.1, 0.15) is 17.0 Å². The van der Waals surface area contributed by atoms with Crippen LogP contribution in [-0.4, -0.2) is 58.2 Å². The molecule has 3 heterocycles. The van der Waals surface area contributed by atoms with Gasteiger partial charge in [-0.15, -0.1) is 11.3 Å². The predicted octanol–water partition coefficient (Wildman–Crippen LogP) is 1.88. The predicted molar refractivity (Wildman–Crippen MR) is 95.6 cm³/mol. The fourth-order valence-electron chi connectivity index (χ4n) is 2.68. The molecule has 0 bridgehead atoms. The highest BCUT2D eigenvalue weighted by Crippen LogP contribution is 2.25. The summed E-state index contributed by atoms with van der Waals surface area (Å²) in [4.78, 5) is 26.3. The van der Waals surface area contributed by atoms with Gasteiger partial charge >= 0.3 is 6.03 Å². The van der Waals surface area contributed by atoms with E-state index in [0.29, 0.717) is 6.54 Å². The van der Waals surface area contributed by atoms with Crippen LogP contribution in [0.5, 0.6) is 0 Å². The van der Waals surface area contributed by atoms with E-state index in [0.717, 1.165) is 50.0 Å². The van der Waals surface area contributed by atoms with E-state index in [1.54, 1.807) is 23.9 Å². The van der Waals surface area contributed by atoms with Gasteiger partial charge in [0.1, 0.15) is 0 Å². The first-order valence-corrected chi connectivity index (χ1v) is 9.12. The molecule has 1 aliphatic heterocycles. The molecule has 0 aromatic carbocycles. The van der Waals surface area contributed by atoms with Crippen LogP contribution in [-0.2, 0) is 6.54 Å². The Morgan fingerprint density at radius 2 is 2.08 bits per heavy atom. The second kappa shape index (κ2) is 7.65. The van der Waals surface area contributed by atoms with Crippen molar-refractivity contribution in [2.45, 2.75) is 26.8 Å². The monoisotopic (exact) mass is 348 g/mol. The fourth-order valence-corrected chi connectivity index (χ4v) is 3.64. The van der Waals surface area contributed by atoms with Gasteiger partial charge in [0.2, 0.25) is 0 Å². The second-order valence-electron chi connectivity index (χ2n) is 6.00. The maximum absolute atomic E-state index is 12.2. The van der Waals surface area contributed by atoms with Gasteiger partial charge < -0.3 is 19.7 Å². The van der Waals surface area contributed by atoms with Gasteiger partial charge in [-0.2, -0.15) is 0 Å². The molecule has 1 fully saturated rings. The number of rotatable bonds is 5. The topological polar surface area (TPSA) is 66.3 Å². The lowest BCUT2D eigenvalue weighted by molar-refractivity contribution is 0.194. The highest BCUT2D eigenvalue weighted by Gasteiger charge is 2.22. The summed E-state index contributed by atoms with van der Waals surface area (Å²) in [6, 6.07) is 0.0341. The van der Waals surface area contributed by atoms with Crippen molar-refractivity contribution in [1.29, 1.82) is 0 Å². The molecule has 0 saturated carbocycles. The Morgan fingerprint density at radius 3 is 2.71 bits per heavy atom. The molecule has 2 aromatic rings. The number of amides is 2. The number of carbonyl (C=O) groups is 1. The van der Waals surface area contributed by atoms with E-state index in [-0.39, 0.29) is 6.03 Å². The van der Waals surface area contributed by atoms with E-state index in [4.69, 9.17) is 0 Å². The number of aromatic nitrogens is 3. The standard InChI is InChI=1S/C16H24N6OS/c1-13-14(2)24-16(19-13)22-10-8-21(9-11-22)15(23)18-4-3-6-20-7-5-17-12-20/h5,7,12H,3-4,6,8-11H2,1-2H3,(H,18,23). The van der Waals surface area contributed by atoms with E-state index in [9.17, 15) is 4.79 Å². The van der Waals surface area contributed by atoms with Crippen LogP contribution >= 0.6 is 11.3 Å². The van der Waals surface area contributed by atoms with Crippen LogP contribution in [0.15, 0.2) is 18.7 Å². The first kappa shape index (κ1) is 16.8. The maximum Gasteiger partial charge on any atom is 0.317 e. The largest absolute Gasteiger partial charge is 0.345 e. The summed E-state index contributed by atoms with van der Waals surface area (Å²) >= 11 is 1.73. The molecular formula is C16H24N6OS. The maximum atomic E-state index is 12.2. The van der Waals surface area contributed by atoms with E-state index in [2.05, 4.69) is 27.1 Å². The Hall–Kier alpha value is -2.09. The molecule has 24 heavy (non-hydrogen) atoms. The summed E-state index contributed by atoms with van der Waals surface area (Å²) in [6.45, 7) is 8.87. The van der Waals surface area contributed by atoms with Crippen LogP contribution in [0.2, 0.25) is 0 Å². The Morgan fingerprint density at radius 1 is 1.29 bits per heavy atom. The molecule has 1 N–H and O–H groups in total. The highest BCUT2D eigenvalue weighted by atomic mass is 32.1. The SMILES string of the molecule is Cc1nc(N2CCN(C(=O)NCCCn3ccnc3)CC2)sc1C. The van der Waals surface area contributed by atoms with E-state index in [1.165, 1.54) is 4.88 Å². The lowest BCUT2D eigenvalue weighted by atomic mass is 10.3. The molecule has 8 heteroatoms. The van der Waals surface area contributed by atoms with Crippen molar-refractivity contribution in [2.75, 3.05) is 37.6 Å². The number of imidazole rings is 1. The average Bonchev–Trinajstić information content (AvgIpc) is 3.22. The molecule has 0 spiro atoms. The summed E-state index contributed by atoms with van der Waals surface area (Å²) in [5.74, 6) is 0. The van der Waals surface area contributed by atoms with Crippen molar-refractivity contribution < 1.29 is 4.79 Å². The Bertz CT molecular complexity index is 641. The van der Waals surface area contributed by atoms with Crippen LogP contribution in [0, 0.1) is 13.8 Å². The number of anilines is 1. The molecular weight excluding hydrogens is 324 g/mol. The van der Waals surface area contributed by atoms with Crippen LogP contribution < -0.4 is 10.2 Å². The summed E-state index contributed by atoms with van der Waals surface area (Å²) in [5, 5.41) is 4.08. The van der Waals surface area contributed by atoms with Gasteiger partial charge in [0.05, 0.1) is 12.0 Å². The summed E-state index contributed by atoms with van der Waals surface area (Å²) in [6.07, 6.45) is 6.40. The minimum Gasteiger partial charge on any atom is -0.345 e. The van der Waals surface area contributed by atoms with E-state index in [1.807, 2.05) is 22.6 Å². The molecule has 2 aromatic heterocycles. The number of hydrogen-bond donors (Lipinski definition) is 1. The molecule has 7 nitrogen and oxygen atoms in total. The van der Waals surface area contributed by atoms with E-state index < -0.39 is 0 Å². The molecule has 0 atom stereocenters. The zero-order chi connectivity index (χ0) is 16.9. The highest BCUT2D eigenvalue weighted by molar-refractivity contribution is 7.15. The summed E-state index contributed by atoms with van der Waals surface area (Å²) < 4.78 is 2.02. The zero-order valence-corrected chi connectivity index (χ0v) is 15.1. The van der Waals surface area contributed by atoms with Crippen molar-refractivity contribution in [2.24, 2.45) is 0 Å². The van der Waals surface area contributed by atoms with Gasteiger partial charge in [-0.05, 0) is 20.3 Å². The third kappa shape index (κ3) is 4.05. The fraction of sp³-hybridized carbons (Fsp3) is 0.562. The van der Waals surface area contributed by atoms with E-state index >= 15 is 0 Å². The van der Waals surface area contributed by atoms with Crippen molar-refractivity contribution in [1.82, 2.24) is 24.8 Å². The number of carbonyl (C=O) groups excluding carboxylic acids is 1. The van der Waals surface area contributed by atoms with Crippen molar-refractivity contribution >= 4 is 22.5 Å². The first-order chi connectivity index (χ1) is 11.6. The number of piperazine rings is 1.